The molecule has 2 amide bonds. The van der Waals surface area contributed by atoms with Gasteiger partial charge < -0.3 is 10.0 Å². The highest BCUT2D eigenvalue weighted by Crippen LogP contribution is 2.31. The van der Waals surface area contributed by atoms with Crippen LogP contribution in [0.4, 0.5) is 10.6 Å². The topological polar surface area (TPSA) is 73.7 Å². The molecule has 1 aromatic rings. The van der Waals surface area contributed by atoms with E-state index in [0.717, 1.165) is 4.90 Å². The number of nitrogens with zero attached hydrogens (tertiary/aromatic N) is 3. The summed E-state index contributed by atoms with van der Waals surface area (Å²) in [5, 5.41) is 9.12. The lowest BCUT2D eigenvalue weighted by Gasteiger charge is -2.23. The second-order valence-electron chi connectivity index (χ2n) is 4.68. The van der Waals surface area contributed by atoms with Crippen LogP contribution in [0, 0.1) is 0 Å². The Kier molecular flexibility index (Phi) is 3.36. The quantitative estimate of drug-likeness (QED) is 0.843. The van der Waals surface area contributed by atoms with Gasteiger partial charge in [0, 0.05) is 18.7 Å². The molecule has 2 rings (SSSR count). The van der Waals surface area contributed by atoms with E-state index in [2.05, 4.69) is 4.98 Å². The molecule has 6 nitrogen and oxygen atoms in total. The second kappa shape index (κ2) is 4.70. The fourth-order valence-corrected chi connectivity index (χ4v) is 2.09. The standard InChI is InChI=1S/C12H14ClN3O3/c1-6(2)15(3)9-4-7-8(10(13)14-9)5-16(11(7)17)12(18)19/h4,6H,5H2,1-3H3,(H,18,19). The zero-order valence-corrected chi connectivity index (χ0v) is 11.6. The molecule has 0 spiro atoms. The molecule has 0 radical (unpaired) electrons. The van der Waals surface area contributed by atoms with E-state index in [1.54, 1.807) is 6.07 Å². The predicted octanol–water partition coefficient (Wildman–Crippen LogP) is 2.21. The number of amides is 2. The van der Waals surface area contributed by atoms with Gasteiger partial charge in [0.15, 0.2) is 0 Å². The highest BCUT2D eigenvalue weighted by Gasteiger charge is 2.35. The number of pyridine rings is 1. The van der Waals surface area contributed by atoms with Crippen molar-refractivity contribution in [3.63, 3.8) is 0 Å². The third kappa shape index (κ3) is 2.23. The van der Waals surface area contributed by atoms with Gasteiger partial charge in [-0.25, -0.2) is 14.7 Å². The molecular formula is C12H14ClN3O3. The second-order valence-corrected chi connectivity index (χ2v) is 5.03. The molecule has 1 N–H and O–H groups in total. The van der Waals surface area contributed by atoms with Gasteiger partial charge in [0.25, 0.3) is 5.91 Å². The van der Waals surface area contributed by atoms with Gasteiger partial charge in [-0.2, -0.15) is 0 Å². The minimum Gasteiger partial charge on any atom is -0.465 e. The highest BCUT2D eigenvalue weighted by molar-refractivity contribution is 6.31. The van der Waals surface area contributed by atoms with Crippen molar-refractivity contribution < 1.29 is 14.7 Å². The first-order valence-electron chi connectivity index (χ1n) is 5.80. The first kappa shape index (κ1) is 13.6. The van der Waals surface area contributed by atoms with Crippen molar-refractivity contribution >= 4 is 29.4 Å². The van der Waals surface area contributed by atoms with E-state index in [4.69, 9.17) is 16.7 Å². The molecule has 2 heterocycles. The van der Waals surface area contributed by atoms with Crippen LogP contribution in [0.2, 0.25) is 5.15 Å². The van der Waals surface area contributed by atoms with Crippen molar-refractivity contribution in [2.24, 2.45) is 0 Å². The summed E-state index contributed by atoms with van der Waals surface area (Å²) in [4.78, 5) is 29.7. The van der Waals surface area contributed by atoms with Crippen LogP contribution in [-0.4, -0.2) is 40.1 Å². The largest absolute Gasteiger partial charge is 0.465 e. The average Bonchev–Trinajstić information content (AvgIpc) is 2.66. The fraction of sp³-hybridized carbons (Fsp3) is 0.417. The molecular weight excluding hydrogens is 270 g/mol. The molecule has 102 valence electrons. The number of carbonyl (C=O) groups excluding carboxylic acids is 1. The lowest BCUT2D eigenvalue weighted by Crippen LogP contribution is -2.29. The molecule has 0 fully saturated rings. The molecule has 0 bridgehead atoms. The Bertz CT molecular complexity index is 559. The number of hydrogen-bond acceptors (Lipinski definition) is 4. The van der Waals surface area contributed by atoms with E-state index < -0.39 is 12.0 Å². The van der Waals surface area contributed by atoms with E-state index in [1.165, 1.54) is 0 Å². The normalized spacial score (nSPS) is 13.9. The van der Waals surface area contributed by atoms with E-state index in [0.29, 0.717) is 16.9 Å². The molecule has 0 aromatic carbocycles. The Balaban J connectivity index is 2.47. The van der Waals surface area contributed by atoms with Crippen LogP contribution in [0.5, 0.6) is 0 Å². The number of rotatable bonds is 2. The van der Waals surface area contributed by atoms with Gasteiger partial charge in [-0.15, -0.1) is 0 Å². The van der Waals surface area contributed by atoms with Gasteiger partial charge in [0.05, 0.1) is 12.1 Å². The molecule has 0 saturated heterocycles. The lowest BCUT2D eigenvalue weighted by molar-refractivity contribution is 0.0764. The Morgan fingerprint density at radius 2 is 2.21 bits per heavy atom. The minimum atomic E-state index is -1.28. The van der Waals surface area contributed by atoms with Crippen LogP contribution in [0.1, 0.15) is 29.8 Å². The maximum atomic E-state index is 12.0. The molecule has 0 atom stereocenters. The smallest absolute Gasteiger partial charge is 0.414 e. The number of fused-ring (bicyclic) bond motifs is 1. The first-order valence-corrected chi connectivity index (χ1v) is 6.17. The van der Waals surface area contributed by atoms with Crippen LogP contribution < -0.4 is 4.90 Å². The van der Waals surface area contributed by atoms with Gasteiger partial charge >= 0.3 is 6.09 Å². The average molecular weight is 284 g/mol. The number of aromatic nitrogens is 1. The predicted molar refractivity (Wildman–Crippen MR) is 70.7 cm³/mol. The Labute approximate surface area is 115 Å². The summed E-state index contributed by atoms with van der Waals surface area (Å²) in [6, 6.07) is 1.78. The van der Waals surface area contributed by atoms with Crippen molar-refractivity contribution in [1.29, 1.82) is 0 Å². The molecule has 19 heavy (non-hydrogen) atoms. The number of imide groups is 1. The van der Waals surface area contributed by atoms with Gasteiger partial charge in [-0.3, -0.25) is 4.79 Å². The van der Waals surface area contributed by atoms with Crippen molar-refractivity contribution in [3.8, 4) is 0 Å². The van der Waals surface area contributed by atoms with Gasteiger partial charge in [0.2, 0.25) is 0 Å². The SMILES string of the molecule is CC(C)N(C)c1cc2c(c(Cl)n1)CN(C(=O)O)C2=O. The minimum absolute atomic E-state index is 0.0407. The van der Waals surface area contributed by atoms with Gasteiger partial charge in [0.1, 0.15) is 11.0 Å². The number of halogens is 1. The highest BCUT2D eigenvalue weighted by atomic mass is 35.5. The van der Waals surface area contributed by atoms with E-state index in [9.17, 15) is 9.59 Å². The van der Waals surface area contributed by atoms with Crippen LogP contribution in [0.25, 0.3) is 0 Å². The third-order valence-corrected chi connectivity index (χ3v) is 3.53. The summed E-state index contributed by atoms with van der Waals surface area (Å²) in [6.45, 7) is 3.92. The summed E-state index contributed by atoms with van der Waals surface area (Å²) in [5.41, 5.74) is 0.778. The summed E-state index contributed by atoms with van der Waals surface area (Å²) in [7, 11) is 1.84. The number of anilines is 1. The zero-order valence-electron chi connectivity index (χ0n) is 10.8. The van der Waals surface area contributed by atoms with Crippen molar-refractivity contribution in [2.75, 3.05) is 11.9 Å². The summed E-state index contributed by atoms with van der Waals surface area (Å²) >= 11 is 6.05. The monoisotopic (exact) mass is 283 g/mol. The van der Waals surface area contributed by atoms with Gasteiger partial charge in [-0.05, 0) is 19.9 Å². The summed E-state index contributed by atoms with van der Waals surface area (Å²) in [5.74, 6) is 0.00421. The third-order valence-electron chi connectivity index (χ3n) is 3.22. The molecule has 1 aromatic heterocycles. The Morgan fingerprint density at radius 1 is 1.58 bits per heavy atom. The maximum Gasteiger partial charge on any atom is 0.414 e. The lowest BCUT2D eigenvalue weighted by atomic mass is 10.1. The van der Waals surface area contributed by atoms with Crippen LogP contribution in [-0.2, 0) is 6.54 Å². The summed E-state index contributed by atoms with van der Waals surface area (Å²) in [6.07, 6.45) is -1.28. The van der Waals surface area contributed by atoms with Crippen LogP contribution >= 0.6 is 11.6 Å². The van der Waals surface area contributed by atoms with E-state index in [-0.39, 0.29) is 17.7 Å². The van der Waals surface area contributed by atoms with E-state index in [1.807, 2.05) is 25.8 Å². The number of hydrogen-bond donors (Lipinski definition) is 1. The molecule has 0 unspecified atom stereocenters. The first-order chi connectivity index (χ1) is 8.82. The van der Waals surface area contributed by atoms with Crippen LogP contribution in [0.3, 0.4) is 0 Å². The number of carboxylic acid groups (broad SMARTS) is 1. The molecule has 0 aliphatic carbocycles. The van der Waals surface area contributed by atoms with Crippen molar-refractivity contribution in [2.45, 2.75) is 26.4 Å². The Hall–Kier alpha value is -1.82. The van der Waals surface area contributed by atoms with Crippen LogP contribution in [0.15, 0.2) is 6.07 Å². The molecule has 1 aliphatic heterocycles. The van der Waals surface area contributed by atoms with E-state index >= 15 is 0 Å². The van der Waals surface area contributed by atoms with Crippen molar-refractivity contribution in [1.82, 2.24) is 9.88 Å². The maximum absolute atomic E-state index is 12.0. The van der Waals surface area contributed by atoms with Crippen molar-refractivity contribution in [3.05, 3.63) is 22.3 Å². The Morgan fingerprint density at radius 3 is 2.74 bits per heavy atom. The zero-order chi connectivity index (χ0) is 14.3. The fourth-order valence-electron chi connectivity index (χ4n) is 1.84. The van der Waals surface area contributed by atoms with Gasteiger partial charge in [-0.1, -0.05) is 11.6 Å². The number of carbonyl (C=O) groups is 2. The molecule has 0 saturated carbocycles. The molecule has 7 heteroatoms. The summed E-state index contributed by atoms with van der Waals surface area (Å²) < 4.78 is 0. The molecule has 1 aliphatic rings.